The van der Waals surface area contributed by atoms with Gasteiger partial charge in [-0.15, -0.1) is 0 Å². The number of nitrogens with one attached hydrogen (secondary N) is 1. The molecule has 0 spiro atoms. The van der Waals surface area contributed by atoms with E-state index in [2.05, 4.69) is 4.98 Å². The average molecular weight is 312 g/mol. The summed E-state index contributed by atoms with van der Waals surface area (Å²) in [6.45, 7) is 0.388. The minimum atomic E-state index is -0.566. The van der Waals surface area contributed by atoms with Gasteiger partial charge >= 0.3 is 5.97 Å². The van der Waals surface area contributed by atoms with E-state index in [1.165, 1.54) is 0 Å². The molecule has 1 fully saturated rings. The fourth-order valence-electron chi connectivity index (χ4n) is 2.49. The maximum Gasteiger partial charge on any atom is 0.338 e. The number of anilines is 1. The summed E-state index contributed by atoms with van der Waals surface area (Å²) in [6, 6.07) is 9.95. The van der Waals surface area contributed by atoms with Crippen LogP contribution in [-0.4, -0.2) is 35.8 Å². The Morgan fingerprint density at radius 2 is 1.96 bits per heavy atom. The van der Waals surface area contributed by atoms with E-state index in [0.717, 1.165) is 12.1 Å². The molecule has 0 unspecified atom stereocenters. The fourth-order valence-corrected chi connectivity index (χ4v) is 2.49. The number of hydrogen-bond donors (Lipinski definition) is 1. The Labute approximate surface area is 133 Å². The zero-order valence-corrected chi connectivity index (χ0v) is 12.5. The van der Waals surface area contributed by atoms with E-state index in [-0.39, 0.29) is 18.3 Å². The monoisotopic (exact) mass is 312 g/mol. The van der Waals surface area contributed by atoms with Gasteiger partial charge in [0, 0.05) is 24.8 Å². The van der Waals surface area contributed by atoms with Crippen molar-refractivity contribution in [1.82, 2.24) is 4.98 Å². The smallest absolute Gasteiger partial charge is 0.338 e. The molecule has 118 valence electrons. The third-order valence-electron chi connectivity index (χ3n) is 3.72. The number of carbonyl (C=O) groups excluding carboxylic acids is 3. The molecular formula is C17H16N2O4. The number of aromatic amines is 1. The number of carbonyl (C=O) groups is 3. The zero-order valence-electron chi connectivity index (χ0n) is 12.5. The van der Waals surface area contributed by atoms with Crippen molar-refractivity contribution in [2.24, 2.45) is 0 Å². The first-order chi connectivity index (χ1) is 11.1. The highest BCUT2D eigenvalue weighted by Crippen LogP contribution is 2.21. The van der Waals surface area contributed by atoms with Crippen LogP contribution in [-0.2, 0) is 9.53 Å². The molecule has 6 nitrogen and oxygen atoms in total. The van der Waals surface area contributed by atoms with Crippen LogP contribution < -0.4 is 4.90 Å². The number of esters is 1. The van der Waals surface area contributed by atoms with Crippen LogP contribution in [0.2, 0.25) is 0 Å². The summed E-state index contributed by atoms with van der Waals surface area (Å²) in [4.78, 5) is 39.8. The molecule has 1 N–H and O–H groups in total. The molecule has 1 aliphatic heterocycles. The fraction of sp³-hybridized carbons (Fsp3) is 0.235. The van der Waals surface area contributed by atoms with Gasteiger partial charge in [0.15, 0.2) is 6.61 Å². The number of aromatic nitrogens is 1. The maximum atomic E-state index is 12.0. The summed E-state index contributed by atoms with van der Waals surface area (Å²) in [5, 5.41) is 0. The quantitative estimate of drug-likeness (QED) is 0.678. The summed E-state index contributed by atoms with van der Waals surface area (Å²) in [5.41, 5.74) is 1.52. The molecule has 2 aromatic rings. The van der Waals surface area contributed by atoms with Crippen molar-refractivity contribution in [2.75, 3.05) is 18.1 Å². The van der Waals surface area contributed by atoms with E-state index in [0.29, 0.717) is 24.2 Å². The summed E-state index contributed by atoms with van der Waals surface area (Å²) >= 11 is 0. The number of Topliss-reactive ketones (excluding diaryl/α,β-unsaturated/α-hetero) is 1. The molecule has 0 radical (unpaired) electrons. The lowest BCUT2D eigenvalue weighted by molar-refractivity contribution is -0.117. The molecule has 0 atom stereocenters. The van der Waals surface area contributed by atoms with Gasteiger partial charge in [-0.3, -0.25) is 9.59 Å². The molecular weight excluding hydrogens is 296 g/mol. The van der Waals surface area contributed by atoms with E-state index in [9.17, 15) is 14.4 Å². The first kappa shape index (κ1) is 15.0. The number of amides is 1. The highest BCUT2D eigenvalue weighted by molar-refractivity contribution is 5.99. The molecule has 1 aromatic heterocycles. The lowest BCUT2D eigenvalue weighted by atomic mass is 10.2. The molecule has 23 heavy (non-hydrogen) atoms. The molecule has 1 aromatic carbocycles. The number of hydrogen-bond acceptors (Lipinski definition) is 4. The number of benzene rings is 1. The Morgan fingerprint density at radius 3 is 2.57 bits per heavy atom. The lowest BCUT2D eigenvalue weighted by Crippen LogP contribution is -2.23. The van der Waals surface area contributed by atoms with Crippen LogP contribution in [0.5, 0.6) is 0 Å². The van der Waals surface area contributed by atoms with Gasteiger partial charge in [-0.25, -0.2) is 4.79 Å². The summed E-state index contributed by atoms with van der Waals surface area (Å²) < 4.78 is 5.01. The predicted molar refractivity (Wildman–Crippen MR) is 83.4 cm³/mol. The molecule has 0 aliphatic carbocycles. The van der Waals surface area contributed by atoms with Crippen LogP contribution >= 0.6 is 0 Å². The molecule has 3 rings (SSSR count). The molecule has 1 aliphatic rings. The second-order valence-corrected chi connectivity index (χ2v) is 5.28. The van der Waals surface area contributed by atoms with E-state index in [4.69, 9.17) is 4.74 Å². The van der Waals surface area contributed by atoms with Gasteiger partial charge in [0.05, 0.1) is 11.3 Å². The Hall–Kier alpha value is -2.89. The van der Waals surface area contributed by atoms with Crippen molar-refractivity contribution in [3.63, 3.8) is 0 Å². The SMILES string of the molecule is O=C(OCC(=O)c1ccc[nH]1)c1ccc(N2CCCC2=O)cc1. The van der Waals surface area contributed by atoms with E-state index in [1.54, 1.807) is 47.5 Å². The molecule has 0 bridgehead atoms. The second kappa shape index (κ2) is 6.48. The lowest BCUT2D eigenvalue weighted by Gasteiger charge is -2.15. The van der Waals surface area contributed by atoms with Gasteiger partial charge in [-0.1, -0.05) is 0 Å². The Bertz CT molecular complexity index is 720. The minimum Gasteiger partial charge on any atom is -0.454 e. The van der Waals surface area contributed by atoms with Crippen molar-refractivity contribution < 1.29 is 19.1 Å². The van der Waals surface area contributed by atoms with Crippen LogP contribution in [0.15, 0.2) is 42.6 Å². The molecule has 1 saturated heterocycles. The topological polar surface area (TPSA) is 79.5 Å². The van der Waals surface area contributed by atoms with E-state index < -0.39 is 5.97 Å². The highest BCUT2D eigenvalue weighted by Gasteiger charge is 2.21. The number of ketones is 1. The van der Waals surface area contributed by atoms with Gasteiger partial charge in [0.1, 0.15) is 0 Å². The van der Waals surface area contributed by atoms with E-state index >= 15 is 0 Å². The van der Waals surface area contributed by atoms with Crippen LogP contribution in [0.3, 0.4) is 0 Å². The third-order valence-corrected chi connectivity index (χ3v) is 3.72. The first-order valence-electron chi connectivity index (χ1n) is 7.39. The van der Waals surface area contributed by atoms with Crippen molar-refractivity contribution in [3.05, 3.63) is 53.9 Å². The van der Waals surface area contributed by atoms with Crippen molar-refractivity contribution in [2.45, 2.75) is 12.8 Å². The van der Waals surface area contributed by atoms with Crippen molar-refractivity contribution in [3.8, 4) is 0 Å². The third kappa shape index (κ3) is 3.31. The molecule has 1 amide bonds. The van der Waals surface area contributed by atoms with Gasteiger partial charge in [0.2, 0.25) is 11.7 Å². The zero-order chi connectivity index (χ0) is 16.2. The molecule has 2 heterocycles. The minimum absolute atomic E-state index is 0.0943. The summed E-state index contributed by atoms with van der Waals surface area (Å²) in [7, 11) is 0. The van der Waals surface area contributed by atoms with Crippen molar-refractivity contribution >= 4 is 23.3 Å². The van der Waals surface area contributed by atoms with Gasteiger partial charge < -0.3 is 14.6 Å². The standard InChI is InChI=1S/C17H16N2O4/c20-15(14-3-1-9-18-14)11-23-17(22)12-5-7-13(8-6-12)19-10-2-4-16(19)21/h1,3,5-9,18H,2,4,10-11H2. The van der Waals surface area contributed by atoms with Crippen LogP contribution in [0.4, 0.5) is 5.69 Å². The average Bonchev–Trinajstić information content (AvgIpc) is 3.24. The molecule has 0 saturated carbocycles. The summed E-state index contributed by atoms with van der Waals surface area (Å²) in [5.74, 6) is -0.760. The second-order valence-electron chi connectivity index (χ2n) is 5.28. The van der Waals surface area contributed by atoms with Crippen LogP contribution in [0, 0.1) is 0 Å². The molecule has 6 heteroatoms. The number of rotatable bonds is 5. The number of nitrogens with zero attached hydrogens (tertiary/aromatic N) is 1. The van der Waals surface area contributed by atoms with Gasteiger partial charge in [-0.2, -0.15) is 0 Å². The Morgan fingerprint density at radius 1 is 1.17 bits per heavy atom. The summed E-state index contributed by atoms with van der Waals surface area (Å²) in [6.07, 6.45) is 3.04. The predicted octanol–water partition coefficient (Wildman–Crippen LogP) is 2.18. The van der Waals surface area contributed by atoms with Crippen LogP contribution in [0.1, 0.15) is 33.7 Å². The Kier molecular flexibility index (Phi) is 4.23. The van der Waals surface area contributed by atoms with E-state index in [1.807, 2.05) is 0 Å². The first-order valence-corrected chi connectivity index (χ1v) is 7.39. The van der Waals surface area contributed by atoms with Crippen LogP contribution in [0.25, 0.3) is 0 Å². The van der Waals surface area contributed by atoms with Gasteiger partial charge in [-0.05, 0) is 42.8 Å². The largest absolute Gasteiger partial charge is 0.454 e. The van der Waals surface area contributed by atoms with Crippen molar-refractivity contribution in [1.29, 1.82) is 0 Å². The number of H-pyrrole nitrogens is 1. The normalized spacial score (nSPS) is 14.1. The Balaban J connectivity index is 1.59. The highest BCUT2D eigenvalue weighted by atomic mass is 16.5. The number of ether oxygens (including phenoxy) is 1. The van der Waals surface area contributed by atoms with Gasteiger partial charge in [0.25, 0.3) is 0 Å². The maximum absolute atomic E-state index is 12.0.